The Labute approximate surface area is 155 Å². The lowest BCUT2D eigenvalue weighted by atomic mass is 9.87. The van der Waals surface area contributed by atoms with Crippen LogP contribution in [0.2, 0.25) is 0 Å². The summed E-state index contributed by atoms with van der Waals surface area (Å²) in [5.74, 6) is -0.772. The zero-order valence-corrected chi connectivity index (χ0v) is 15.4. The minimum absolute atomic E-state index is 0.0722. The van der Waals surface area contributed by atoms with Crippen molar-refractivity contribution >= 4 is 18.0 Å². The first-order valence-electron chi connectivity index (χ1n) is 9.43. The number of carbonyl (C=O) groups is 2. The van der Waals surface area contributed by atoms with Gasteiger partial charge in [-0.3, -0.25) is 4.79 Å². The summed E-state index contributed by atoms with van der Waals surface area (Å²) >= 11 is 0. The molecular weight excluding hydrogens is 332 g/mol. The minimum atomic E-state index is -0.995. The predicted molar refractivity (Wildman–Crippen MR) is 100.0 cm³/mol. The third-order valence-electron chi connectivity index (χ3n) is 4.63. The van der Waals surface area contributed by atoms with Gasteiger partial charge in [-0.25, -0.2) is 4.79 Å². The van der Waals surface area contributed by atoms with Gasteiger partial charge in [-0.1, -0.05) is 31.9 Å². The molecule has 0 unspecified atom stereocenters. The van der Waals surface area contributed by atoms with Crippen LogP contribution in [-0.4, -0.2) is 29.8 Å². The maximum Gasteiger partial charge on any atom is 0.328 e. The maximum absolute atomic E-state index is 12.3. The molecular formula is C21H28O5. The molecule has 1 aliphatic carbocycles. The van der Waals surface area contributed by atoms with Gasteiger partial charge in [0.05, 0.1) is 12.0 Å². The van der Waals surface area contributed by atoms with Crippen LogP contribution in [0.4, 0.5) is 0 Å². The van der Waals surface area contributed by atoms with Gasteiger partial charge in [0.1, 0.15) is 5.75 Å². The number of esters is 1. The number of benzene rings is 1. The van der Waals surface area contributed by atoms with Gasteiger partial charge in [-0.2, -0.15) is 0 Å². The molecule has 0 atom stereocenters. The van der Waals surface area contributed by atoms with E-state index < -0.39 is 5.97 Å². The Morgan fingerprint density at radius 1 is 1.12 bits per heavy atom. The Morgan fingerprint density at radius 3 is 2.42 bits per heavy atom. The molecule has 0 saturated heterocycles. The van der Waals surface area contributed by atoms with Crippen molar-refractivity contribution in [2.75, 3.05) is 6.61 Å². The summed E-state index contributed by atoms with van der Waals surface area (Å²) in [5.41, 5.74) is 0.743. The second-order valence-electron chi connectivity index (χ2n) is 6.71. The Kier molecular flexibility index (Phi) is 8.35. The first-order chi connectivity index (χ1) is 12.6. The van der Waals surface area contributed by atoms with Crippen LogP contribution in [0.5, 0.6) is 5.75 Å². The molecule has 1 aromatic rings. The van der Waals surface area contributed by atoms with Crippen molar-refractivity contribution in [2.45, 2.75) is 58.0 Å². The van der Waals surface area contributed by atoms with Gasteiger partial charge in [-0.15, -0.1) is 0 Å². The molecule has 0 heterocycles. The molecule has 1 N–H and O–H groups in total. The largest absolute Gasteiger partial charge is 0.478 e. The monoisotopic (exact) mass is 360 g/mol. The molecule has 0 amide bonds. The van der Waals surface area contributed by atoms with E-state index in [0.717, 1.165) is 50.4 Å². The van der Waals surface area contributed by atoms with Crippen molar-refractivity contribution in [1.29, 1.82) is 0 Å². The first-order valence-corrected chi connectivity index (χ1v) is 9.43. The summed E-state index contributed by atoms with van der Waals surface area (Å²) in [6.45, 7) is 2.99. The minimum Gasteiger partial charge on any atom is -0.478 e. The van der Waals surface area contributed by atoms with E-state index in [9.17, 15) is 9.59 Å². The van der Waals surface area contributed by atoms with Gasteiger partial charge in [-0.05, 0) is 55.9 Å². The predicted octanol–water partition coefficient (Wildman–Crippen LogP) is 4.46. The fraction of sp³-hybridized carbons (Fsp3) is 0.524. The molecule has 2 rings (SSSR count). The molecule has 1 aromatic carbocycles. The molecule has 5 heteroatoms. The average molecular weight is 360 g/mol. The Bertz CT molecular complexity index is 597. The normalized spacial score (nSPS) is 20.2. The van der Waals surface area contributed by atoms with Crippen LogP contribution in [0.25, 0.3) is 6.08 Å². The van der Waals surface area contributed by atoms with E-state index in [2.05, 4.69) is 6.92 Å². The summed E-state index contributed by atoms with van der Waals surface area (Å²) in [5, 5.41) is 8.62. The number of rotatable bonds is 9. The number of ether oxygens (including phenoxy) is 2. The van der Waals surface area contributed by atoms with E-state index >= 15 is 0 Å². The van der Waals surface area contributed by atoms with E-state index in [1.165, 1.54) is 18.9 Å². The smallest absolute Gasteiger partial charge is 0.328 e. The van der Waals surface area contributed by atoms with Gasteiger partial charge in [0, 0.05) is 12.7 Å². The van der Waals surface area contributed by atoms with Crippen molar-refractivity contribution in [3.63, 3.8) is 0 Å². The third kappa shape index (κ3) is 7.00. The summed E-state index contributed by atoms with van der Waals surface area (Å²) in [6.07, 6.45) is 9.76. The average Bonchev–Trinajstić information content (AvgIpc) is 2.65. The fourth-order valence-electron chi connectivity index (χ4n) is 3.08. The second kappa shape index (κ2) is 10.8. The summed E-state index contributed by atoms with van der Waals surface area (Å²) in [4.78, 5) is 22.8. The Hall–Kier alpha value is -2.14. The molecule has 5 nitrogen and oxygen atoms in total. The van der Waals surface area contributed by atoms with E-state index in [-0.39, 0.29) is 18.0 Å². The van der Waals surface area contributed by atoms with Crippen LogP contribution in [0.1, 0.15) is 57.4 Å². The van der Waals surface area contributed by atoms with Gasteiger partial charge < -0.3 is 14.6 Å². The van der Waals surface area contributed by atoms with Gasteiger partial charge in [0.15, 0.2) is 0 Å². The van der Waals surface area contributed by atoms with Crippen molar-refractivity contribution in [3.05, 3.63) is 35.9 Å². The zero-order valence-electron chi connectivity index (χ0n) is 15.4. The van der Waals surface area contributed by atoms with Crippen LogP contribution in [0, 0.1) is 5.92 Å². The lowest BCUT2D eigenvalue weighted by molar-refractivity contribution is -0.141. The molecule has 1 aliphatic rings. The second-order valence-corrected chi connectivity index (χ2v) is 6.71. The molecule has 0 radical (unpaired) electrons. The van der Waals surface area contributed by atoms with E-state index in [4.69, 9.17) is 14.6 Å². The highest BCUT2D eigenvalue weighted by molar-refractivity contribution is 5.85. The van der Waals surface area contributed by atoms with Crippen LogP contribution in [0.3, 0.4) is 0 Å². The quantitative estimate of drug-likeness (QED) is 0.305. The first kappa shape index (κ1) is 20.2. The molecule has 26 heavy (non-hydrogen) atoms. The van der Waals surface area contributed by atoms with Gasteiger partial charge >= 0.3 is 11.9 Å². The van der Waals surface area contributed by atoms with Crippen molar-refractivity contribution in [3.8, 4) is 5.75 Å². The molecule has 0 spiro atoms. The lowest BCUT2D eigenvalue weighted by Gasteiger charge is -2.27. The Morgan fingerprint density at radius 2 is 1.81 bits per heavy atom. The third-order valence-corrected chi connectivity index (χ3v) is 4.63. The number of aliphatic carboxylic acids is 1. The molecule has 1 saturated carbocycles. The van der Waals surface area contributed by atoms with Crippen LogP contribution >= 0.6 is 0 Å². The molecule has 0 aliphatic heterocycles. The van der Waals surface area contributed by atoms with Gasteiger partial charge in [0.25, 0.3) is 0 Å². The Balaban J connectivity index is 1.74. The molecule has 0 aromatic heterocycles. The summed E-state index contributed by atoms with van der Waals surface area (Å²) in [7, 11) is 0. The zero-order chi connectivity index (χ0) is 18.8. The van der Waals surface area contributed by atoms with Crippen LogP contribution < -0.4 is 4.74 Å². The summed E-state index contributed by atoms with van der Waals surface area (Å²) < 4.78 is 11.3. The highest BCUT2D eigenvalue weighted by Crippen LogP contribution is 2.28. The number of unbranched alkanes of at least 4 members (excludes halogenated alkanes) is 2. The van der Waals surface area contributed by atoms with E-state index in [1.54, 1.807) is 24.3 Å². The summed E-state index contributed by atoms with van der Waals surface area (Å²) in [6, 6.07) is 6.82. The van der Waals surface area contributed by atoms with Gasteiger partial charge in [0.2, 0.25) is 0 Å². The van der Waals surface area contributed by atoms with Crippen molar-refractivity contribution in [2.24, 2.45) is 5.92 Å². The van der Waals surface area contributed by atoms with Crippen molar-refractivity contribution in [1.82, 2.24) is 0 Å². The maximum atomic E-state index is 12.3. The fourth-order valence-corrected chi connectivity index (χ4v) is 3.08. The highest BCUT2D eigenvalue weighted by atomic mass is 16.5. The number of carboxylic acids is 1. The van der Waals surface area contributed by atoms with E-state index in [1.807, 2.05) is 0 Å². The number of hydrogen-bond acceptors (Lipinski definition) is 4. The lowest BCUT2D eigenvalue weighted by Crippen LogP contribution is -2.29. The molecule has 142 valence electrons. The number of carboxylic acid groups (broad SMARTS) is 1. The molecule has 1 fully saturated rings. The number of hydrogen-bond donors (Lipinski definition) is 1. The van der Waals surface area contributed by atoms with Crippen LogP contribution in [0.15, 0.2) is 30.3 Å². The topological polar surface area (TPSA) is 72.8 Å². The van der Waals surface area contributed by atoms with Crippen molar-refractivity contribution < 1.29 is 24.2 Å². The standard InChI is InChI=1S/C21H28O5/c1-2-3-4-15-25-18-12-8-17(9-13-18)21(24)26-19-10-5-16(6-11-19)7-14-20(22)23/h5-7,10-11,14,17-18H,2-4,8-9,12-13,15H2,1H3,(H,22,23)/b14-7+. The SMILES string of the molecule is CCCCCOC1CCC(C(=O)Oc2ccc(/C=C/C(=O)O)cc2)CC1. The number of carbonyl (C=O) groups excluding carboxylic acids is 1. The van der Waals surface area contributed by atoms with Crippen LogP contribution in [-0.2, 0) is 14.3 Å². The van der Waals surface area contributed by atoms with E-state index in [0.29, 0.717) is 5.75 Å². The highest BCUT2D eigenvalue weighted by Gasteiger charge is 2.28. The molecule has 0 bridgehead atoms.